The summed E-state index contributed by atoms with van der Waals surface area (Å²) in [6, 6.07) is 0.479. The molecule has 2 rings (SSSR count). The summed E-state index contributed by atoms with van der Waals surface area (Å²) in [6.07, 6.45) is 3.33. The van der Waals surface area contributed by atoms with Gasteiger partial charge in [0.1, 0.15) is 0 Å². The van der Waals surface area contributed by atoms with Crippen LogP contribution in [0.25, 0.3) is 0 Å². The second-order valence-electron chi connectivity index (χ2n) is 4.15. The van der Waals surface area contributed by atoms with E-state index in [0.717, 1.165) is 18.6 Å². The normalized spacial score (nSPS) is 38.3. The third kappa shape index (κ3) is 1.65. The van der Waals surface area contributed by atoms with Crippen LogP contribution < -0.4 is 5.32 Å². The Labute approximate surface area is 89.6 Å². The minimum Gasteiger partial charge on any atom is -0.326 e. The van der Waals surface area contributed by atoms with Gasteiger partial charge in [-0.1, -0.05) is 0 Å². The molecule has 1 amide bonds. The number of nitrogens with zero attached hydrogens (tertiary/aromatic N) is 1. The van der Waals surface area contributed by atoms with Gasteiger partial charge in [0.25, 0.3) is 0 Å². The van der Waals surface area contributed by atoms with Crippen LogP contribution in [0.3, 0.4) is 0 Å². The van der Waals surface area contributed by atoms with Crippen LogP contribution in [-0.4, -0.2) is 41.1 Å². The molecule has 4 heteroatoms. The molecule has 0 aromatic rings. The van der Waals surface area contributed by atoms with E-state index in [1.807, 2.05) is 18.8 Å². The number of rotatable bonds is 1. The average molecular weight is 214 g/mol. The van der Waals surface area contributed by atoms with Crippen LogP contribution in [0.15, 0.2) is 0 Å². The maximum Gasteiger partial charge on any atom is 0.240 e. The highest BCUT2D eigenvalue weighted by Crippen LogP contribution is 2.35. The van der Waals surface area contributed by atoms with E-state index >= 15 is 0 Å². The van der Waals surface area contributed by atoms with E-state index in [4.69, 9.17) is 0 Å². The minimum atomic E-state index is 0.0566. The molecule has 0 aromatic carbocycles. The number of nitrogens with one attached hydrogen (secondary N) is 1. The van der Waals surface area contributed by atoms with Crippen molar-refractivity contribution in [1.29, 1.82) is 0 Å². The highest BCUT2D eigenvalue weighted by atomic mass is 32.2. The van der Waals surface area contributed by atoms with Gasteiger partial charge in [-0.2, -0.15) is 0 Å². The summed E-state index contributed by atoms with van der Waals surface area (Å²) < 4.78 is 0. The lowest BCUT2D eigenvalue weighted by molar-refractivity contribution is -0.134. The van der Waals surface area contributed by atoms with E-state index < -0.39 is 0 Å². The van der Waals surface area contributed by atoms with Gasteiger partial charge in [0.2, 0.25) is 5.91 Å². The summed E-state index contributed by atoms with van der Waals surface area (Å²) in [5.41, 5.74) is 0. The molecule has 2 fully saturated rings. The third-order valence-electron chi connectivity index (χ3n) is 3.16. The Morgan fingerprint density at radius 3 is 3.00 bits per heavy atom. The van der Waals surface area contributed by atoms with Crippen molar-refractivity contribution >= 4 is 17.7 Å². The molecule has 0 aromatic heterocycles. The number of likely N-dealkylation sites (N-methyl/N-ethyl adjacent to an activating group) is 1. The topological polar surface area (TPSA) is 32.3 Å². The van der Waals surface area contributed by atoms with Gasteiger partial charge in [0.05, 0.1) is 11.4 Å². The van der Waals surface area contributed by atoms with Gasteiger partial charge in [-0.25, -0.2) is 0 Å². The van der Waals surface area contributed by atoms with Gasteiger partial charge in [-0.15, -0.1) is 11.8 Å². The van der Waals surface area contributed by atoms with Crippen molar-refractivity contribution < 1.29 is 4.79 Å². The van der Waals surface area contributed by atoms with Crippen molar-refractivity contribution in [2.45, 2.75) is 43.6 Å². The largest absolute Gasteiger partial charge is 0.326 e. The van der Waals surface area contributed by atoms with Gasteiger partial charge >= 0.3 is 0 Å². The van der Waals surface area contributed by atoms with E-state index in [1.165, 1.54) is 6.42 Å². The molecule has 1 N–H and O–H groups in total. The summed E-state index contributed by atoms with van der Waals surface area (Å²) in [5, 5.41) is 3.58. The van der Waals surface area contributed by atoms with Crippen molar-refractivity contribution in [2.75, 3.05) is 12.8 Å². The molecule has 2 aliphatic rings. The van der Waals surface area contributed by atoms with Gasteiger partial charge in [-0.3, -0.25) is 4.79 Å². The maximum atomic E-state index is 12.1. The van der Waals surface area contributed by atoms with Crippen LogP contribution in [0.4, 0.5) is 0 Å². The second kappa shape index (κ2) is 4.11. The number of hydrogen-bond donors (Lipinski definition) is 1. The molecule has 0 bridgehead atoms. The fourth-order valence-corrected chi connectivity index (χ4v) is 3.81. The van der Waals surface area contributed by atoms with Crippen molar-refractivity contribution in [3.05, 3.63) is 0 Å². The molecule has 2 unspecified atom stereocenters. The lowest BCUT2D eigenvalue weighted by Gasteiger charge is -2.27. The number of carbonyl (C=O) groups is 1. The fraction of sp³-hybridized carbons (Fsp3) is 0.900. The molecular weight excluding hydrogens is 196 g/mol. The van der Waals surface area contributed by atoms with Crippen molar-refractivity contribution in [2.24, 2.45) is 0 Å². The van der Waals surface area contributed by atoms with E-state index in [0.29, 0.717) is 17.3 Å². The molecule has 80 valence electrons. The quantitative estimate of drug-likeness (QED) is 0.708. The smallest absolute Gasteiger partial charge is 0.240 e. The standard InChI is InChI=1S/C10H18N2OS/c1-7-6-14-9-5-3-4-8(11-2)10(13)12(7)9/h7-9,11H,3-6H2,1-2H3/t7-,8?,9?/m1/s1. The molecule has 3 atom stereocenters. The fourth-order valence-electron chi connectivity index (χ4n) is 2.34. The predicted octanol–water partition coefficient (Wildman–Crippen LogP) is 1.05. The second-order valence-corrected chi connectivity index (χ2v) is 5.37. The van der Waals surface area contributed by atoms with Crippen molar-refractivity contribution in [1.82, 2.24) is 10.2 Å². The molecule has 0 radical (unpaired) electrons. The Morgan fingerprint density at radius 1 is 1.50 bits per heavy atom. The molecule has 2 saturated heterocycles. The summed E-state index contributed by atoms with van der Waals surface area (Å²) in [4.78, 5) is 14.2. The zero-order chi connectivity index (χ0) is 10.1. The predicted molar refractivity (Wildman–Crippen MR) is 59.3 cm³/mol. The Hall–Kier alpha value is -0.220. The Balaban J connectivity index is 2.16. The van der Waals surface area contributed by atoms with Crippen LogP contribution in [0.1, 0.15) is 26.2 Å². The van der Waals surface area contributed by atoms with E-state index in [9.17, 15) is 4.79 Å². The number of hydrogen-bond acceptors (Lipinski definition) is 3. The van der Waals surface area contributed by atoms with Crippen LogP contribution in [0, 0.1) is 0 Å². The summed E-state index contributed by atoms with van der Waals surface area (Å²) in [6.45, 7) is 2.16. The van der Waals surface area contributed by atoms with Crippen LogP contribution in [-0.2, 0) is 4.79 Å². The van der Waals surface area contributed by atoms with Gasteiger partial charge < -0.3 is 10.2 Å². The van der Waals surface area contributed by atoms with Crippen LogP contribution in [0.2, 0.25) is 0 Å². The maximum absolute atomic E-state index is 12.1. The first-order chi connectivity index (χ1) is 6.74. The summed E-state index contributed by atoms with van der Waals surface area (Å²) in [5.74, 6) is 1.42. The highest BCUT2D eigenvalue weighted by Gasteiger charge is 2.39. The zero-order valence-electron chi connectivity index (χ0n) is 8.82. The summed E-state index contributed by atoms with van der Waals surface area (Å²) in [7, 11) is 1.89. The number of fused-ring (bicyclic) bond motifs is 1. The molecule has 2 aliphatic heterocycles. The SMILES string of the molecule is CNC1CCCC2SC[C@@H](C)N2C1=O. The first-order valence-corrected chi connectivity index (χ1v) is 6.40. The van der Waals surface area contributed by atoms with Crippen molar-refractivity contribution in [3.8, 4) is 0 Å². The molecule has 3 nitrogen and oxygen atoms in total. The molecule has 0 saturated carbocycles. The Bertz CT molecular complexity index is 234. The number of amides is 1. The molecule has 14 heavy (non-hydrogen) atoms. The monoisotopic (exact) mass is 214 g/mol. The van der Waals surface area contributed by atoms with E-state index in [2.05, 4.69) is 17.1 Å². The molecule has 2 heterocycles. The molecule has 0 spiro atoms. The number of thioether (sulfide) groups is 1. The van der Waals surface area contributed by atoms with E-state index in [-0.39, 0.29) is 6.04 Å². The Kier molecular flexibility index (Phi) is 3.02. The first kappa shape index (κ1) is 10.3. The highest BCUT2D eigenvalue weighted by molar-refractivity contribution is 8.00. The van der Waals surface area contributed by atoms with Gasteiger partial charge in [-0.05, 0) is 33.2 Å². The molecular formula is C10H18N2OS. The van der Waals surface area contributed by atoms with Crippen molar-refractivity contribution in [3.63, 3.8) is 0 Å². The minimum absolute atomic E-state index is 0.0566. The lowest BCUT2D eigenvalue weighted by Crippen LogP contribution is -2.47. The van der Waals surface area contributed by atoms with Gasteiger partial charge in [0.15, 0.2) is 0 Å². The van der Waals surface area contributed by atoms with Crippen LogP contribution in [0.5, 0.6) is 0 Å². The number of carbonyl (C=O) groups excluding carboxylic acids is 1. The lowest BCUT2D eigenvalue weighted by atomic mass is 10.1. The van der Waals surface area contributed by atoms with Gasteiger partial charge in [0, 0.05) is 11.8 Å². The first-order valence-electron chi connectivity index (χ1n) is 5.35. The molecule has 0 aliphatic carbocycles. The Morgan fingerprint density at radius 2 is 2.29 bits per heavy atom. The summed E-state index contributed by atoms with van der Waals surface area (Å²) >= 11 is 1.94. The zero-order valence-corrected chi connectivity index (χ0v) is 9.64. The third-order valence-corrected chi connectivity index (χ3v) is 4.68. The van der Waals surface area contributed by atoms with E-state index in [1.54, 1.807) is 0 Å². The van der Waals surface area contributed by atoms with Crippen LogP contribution >= 0.6 is 11.8 Å². The average Bonchev–Trinajstić information content (AvgIpc) is 2.45.